The van der Waals surface area contributed by atoms with E-state index in [1.54, 1.807) is 74.2 Å². The highest BCUT2D eigenvalue weighted by molar-refractivity contribution is 5.97. The molecule has 3 heterocycles. The van der Waals surface area contributed by atoms with Crippen LogP contribution in [-0.4, -0.2) is 32.9 Å². The van der Waals surface area contributed by atoms with E-state index in [0.717, 1.165) is 11.2 Å². The normalized spacial score (nSPS) is 10.7. The van der Waals surface area contributed by atoms with Gasteiger partial charge in [0.2, 0.25) is 0 Å². The number of rotatable bonds is 6. The van der Waals surface area contributed by atoms with Crippen molar-refractivity contribution in [2.75, 3.05) is 7.05 Å². The molecule has 0 aliphatic rings. The topological polar surface area (TPSA) is 102 Å². The Morgan fingerprint density at radius 1 is 0.909 bits per heavy atom. The number of aromatic amines is 1. The Morgan fingerprint density at radius 2 is 1.76 bits per heavy atom. The quantitative estimate of drug-likeness (QED) is 0.389. The second-order valence-corrected chi connectivity index (χ2v) is 7.08. The average Bonchev–Trinajstić information content (AvgIpc) is 3.28. The minimum Gasteiger partial charge on any atom is -0.453 e. The van der Waals surface area contributed by atoms with E-state index in [0.29, 0.717) is 39.9 Å². The van der Waals surface area contributed by atoms with Crippen molar-refractivity contribution in [1.82, 2.24) is 25.3 Å². The Morgan fingerprint density at radius 3 is 2.55 bits per heavy atom. The summed E-state index contributed by atoms with van der Waals surface area (Å²) in [6, 6.07) is 19.8. The molecule has 2 N–H and O–H groups in total. The summed E-state index contributed by atoms with van der Waals surface area (Å²) in [4.78, 5) is 28.7. The van der Waals surface area contributed by atoms with Crippen molar-refractivity contribution in [1.29, 1.82) is 0 Å². The molecule has 0 radical (unpaired) electrons. The molecule has 162 valence electrons. The molecule has 0 aliphatic heterocycles. The van der Waals surface area contributed by atoms with Crippen molar-refractivity contribution in [2.45, 2.75) is 0 Å². The summed E-state index contributed by atoms with van der Waals surface area (Å²) in [6.07, 6.45) is 4.99. The number of hydrogen-bond acceptors (Lipinski definition) is 6. The zero-order valence-electron chi connectivity index (χ0n) is 17.6. The van der Waals surface area contributed by atoms with Crippen LogP contribution >= 0.6 is 0 Å². The van der Waals surface area contributed by atoms with Crippen LogP contribution in [0.4, 0.5) is 0 Å². The van der Waals surface area contributed by atoms with Crippen LogP contribution in [0.3, 0.4) is 0 Å². The van der Waals surface area contributed by atoms with Gasteiger partial charge in [-0.05, 0) is 36.4 Å². The summed E-state index contributed by atoms with van der Waals surface area (Å²) in [5.41, 5.74) is 2.54. The third kappa shape index (κ3) is 4.22. The molecular weight excluding hydrogens is 418 g/mol. The molecule has 5 aromatic rings. The number of hydrogen-bond donors (Lipinski definition) is 2. The largest absolute Gasteiger partial charge is 0.453 e. The highest BCUT2D eigenvalue weighted by Crippen LogP contribution is 2.39. The Hall–Kier alpha value is -4.72. The highest BCUT2D eigenvalue weighted by Gasteiger charge is 2.17. The van der Waals surface area contributed by atoms with Gasteiger partial charge in [0.1, 0.15) is 17.2 Å². The van der Waals surface area contributed by atoms with Crippen molar-refractivity contribution in [3.8, 4) is 34.5 Å². The summed E-state index contributed by atoms with van der Waals surface area (Å²) in [5.74, 6) is 2.16. The fraction of sp³-hybridized carbons (Fsp3) is 0.0400. The van der Waals surface area contributed by atoms with Crippen LogP contribution in [0.1, 0.15) is 10.4 Å². The molecule has 0 aliphatic carbocycles. The first-order valence-corrected chi connectivity index (χ1v) is 10.2. The van der Waals surface area contributed by atoms with Crippen LogP contribution in [-0.2, 0) is 0 Å². The molecule has 3 aromatic heterocycles. The van der Waals surface area contributed by atoms with E-state index in [1.165, 1.54) is 0 Å². The zero-order valence-corrected chi connectivity index (χ0v) is 17.6. The van der Waals surface area contributed by atoms with E-state index in [1.807, 2.05) is 18.2 Å². The lowest BCUT2D eigenvalue weighted by atomic mass is 10.2. The summed E-state index contributed by atoms with van der Waals surface area (Å²) in [5, 5.41) is 2.63. The molecule has 0 atom stereocenters. The van der Waals surface area contributed by atoms with Gasteiger partial charge in [-0.2, -0.15) is 0 Å². The van der Waals surface area contributed by atoms with Crippen molar-refractivity contribution in [2.24, 2.45) is 0 Å². The number of pyridine rings is 2. The van der Waals surface area contributed by atoms with E-state index in [2.05, 4.69) is 25.3 Å². The SMILES string of the molecule is CNC(=O)c1ccccc1Oc1cc2nc(-c3ccccn3)[nH]c2cc1Oc1cccnc1. The summed E-state index contributed by atoms with van der Waals surface area (Å²) in [7, 11) is 1.57. The van der Waals surface area contributed by atoms with Crippen LogP contribution in [0.5, 0.6) is 23.0 Å². The minimum absolute atomic E-state index is 0.251. The number of benzene rings is 2. The lowest BCUT2D eigenvalue weighted by Gasteiger charge is -2.14. The molecule has 5 rings (SSSR count). The van der Waals surface area contributed by atoms with Crippen LogP contribution in [0.15, 0.2) is 85.3 Å². The van der Waals surface area contributed by atoms with Gasteiger partial charge in [-0.25, -0.2) is 4.98 Å². The van der Waals surface area contributed by atoms with Crippen molar-refractivity contribution in [3.63, 3.8) is 0 Å². The van der Waals surface area contributed by atoms with Gasteiger partial charge < -0.3 is 19.8 Å². The molecule has 0 spiro atoms. The molecule has 8 nitrogen and oxygen atoms in total. The number of nitrogens with zero attached hydrogens (tertiary/aromatic N) is 3. The lowest BCUT2D eigenvalue weighted by molar-refractivity contribution is 0.0960. The van der Waals surface area contributed by atoms with Gasteiger partial charge in [0, 0.05) is 31.6 Å². The number of ether oxygens (including phenoxy) is 2. The van der Waals surface area contributed by atoms with Gasteiger partial charge in [0.05, 0.1) is 22.8 Å². The third-order valence-corrected chi connectivity index (χ3v) is 4.90. The Bertz CT molecular complexity index is 1420. The average molecular weight is 437 g/mol. The molecule has 0 saturated heterocycles. The number of amides is 1. The van der Waals surface area contributed by atoms with E-state index < -0.39 is 0 Å². The number of para-hydroxylation sites is 1. The highest BCUT2D eigenvalue weighted by atomic mass is 16.5. The zero-order chi connectivity index (χ0) is 22.6. The number of carbonyl (C=O) groups is 1. The van der Waals surface area contributed by atoms with Crippen molar-refractivity contribution in [3.05, 3.63) is 90.9 Å². The van der Waals surface area contributed by atoms with Crippen LogP contribution < -0.4 is 14.8 Å². The van der Waals surface area contributed by atoms with E-state index in [9.17, 15) is 4.79 Å². The summed E-state index contributed by atoms with van der Waals surface area (Å²) in [6.45, 7) is 0. The summed E-state index contributed by atoms with van der Waals surface area (Å²) >= 11 is 0. The van der Waals surface area contributed by atoms with Crippen molar-refractivity contribution >= 4 is 16.9 Å². The molecule has 1 amide bonds. The fourth-order valence-corrected chi connectivity index (χ4v) is 3.33. The van der Waals surface area contributed by atoms with Gasteiger partial charge in [-0.15, -0.1) is 0 Å². The van der Waals surface area contributed by atoms with Gasteiger partial charge in [0.25, 0.3) is 5.91 Å². The van der Waals surface area contributed by atoms with Gasteiger partial charge >= 0.3 is 0 Å². The monoisotopic (exact) mass is 437 g/mol. The Balaban J connectivity index is 1.61. The minimum atomic E-state index is -0.251. The molecular formula is C25H19N5O3. The number of fused-ring (bicyclic) bond motifs is 1. The van der Waals surface area contributed by atoms with E-state index in [-0.39, 0.29) is 5.91 Å². The molecule has 2 aromatic carbocycles. The Labute approximate surface area is 189 Å². The van der Waals surface area contributed by atoms with Gasteiger partial charge in [0.15, 0.2) is 17.3 Å². The number of imidazole rings is 1. The van der Waals surface area contributed by atoms with E-state index >= 15 is 0 Å². The molecule has 0 fully saturated rings. The maximum absolute atomic E-state index is 12.3. The molecule has 0 unspecified atom stereocenters. The fourth-order valence-electron chi connectivity index (χ4n) is 3.33. The predicted molar refractivity (Wildman–Crippen MR) is 124 cm³/mol. The first kappa shape index (κ1) is 20.2. The molecule has 0 saturated carbocycles. The second kappa shape index (κ2) is 8.80. The number of nitrogens with one attached hydrogen (secondary N) is 2. The first-order valence-electron chi connectivity index (χ1n) is 10.2. The van der Waals surface area contributed by atoms with Gasteiger partial charge in [-0.3, -0.25) is 14.8 Å². The molecule has 0 bridgehead atoms. The van der Waals surface area contributed by atoms with Crippen LogP contribution in [0.25, 0.3) is 22.6 Å². The standard InChI is InChI=1S/C25H19N5O3/c1-26-25(31)17-8-2-3-10-21(17)33-23-14-20-19(13-22(23)32-16-7-6-11-27-15-16)29-24(30-20)18-9-4-5-12-28-18/h2-15H,1H3,(H,26,31)(H,29,30). The van der Waals surface area contributed by atoms with E-state index in [4.69, 9.17) is 9.47 Å². The lowest BCUT2D eigenvalue weighted by Crippen LogP contribution is -2.18. The maximum atomic E-state index is 12.3. The number of carbonyl (C=O) groups excluding carboxylic acids is 1. The van der Waals surface area contributed by atoms with Crippen LogP contribution in [0.2, 0.25) is 0 Å². The van der Waals surface area contributed by atoms with Crippen molar-refractivity contribution < 1.29 is 14.3 Å². The van der Waals surface area contributed by atoms with Crippen LogP contribution in [0, 0.1) is 0 Å². The first-order chi connectivity index (χ1) is 16.2. The third-order valence-electron chi connectivity index (χ3n) is 4.90. The summed E-state index contributed by atoms with van der Waals surface area (Å²) < 4.78 is 12.3. The molecule has 8 heteroatoms. The molecule has 33 heavy (non-hydrogen) atoms. The number of aromatic nitrogens is 4. The predicted octanol–water partition coefficient (Wildman–Crippen LogP) is 4.96. The Kier molecular flexibility index (Phi) is 5.38. The maximum Gasteiger partial charge on any atom is 0.254 e. The second-order valence-electron chi connectivity index (χ2n) is 7.08. The van der Waals surface area contributed by atoms with Gasteiger partial charge in [-0.1, -0.05) is 18.2 Å². The number of H-pyrrole nitrogens is 1. The smallest absolute Gasteiger partial charge is 0.254 e.